The van der Waals surface area contributed by atoms with Gasteiger partial charge in [0.25, 0.3) is 5.56 Å². The average Bonchev–Trinajstić information content (AvgIpc) is 3.09. The average molecular weight is 351 g/mol. The summed E-state index contributed by atoms with van der Waals surface area (Å²) in [6.07, 6.45) is 1.64. The topological polar surface area (TPSA) is 82.5 Å². The van der Waals surface area contributed by atoms with Crippen molar-refractivity contribution in [2.24, 2.45) is 0 Å². The van der Waals surface area contributed by atoms with Crippen molar-refractivity contribution in [3.05, 3.63) is 58.6 Å². The Morgan fingerprint density at radius 1 is 1.19 bits per heavy atom. The van der Waals surface area contributed by atoms with Crippen LogP contribution in [0.2, 0.25) is 0 Å². The lowest BCUT2D eigenvalue weighted by atomic mass is 10.2. The normalized spacial score (nSPS) is 12.3. The smallest absolute Gasteiger partial charge is 0.261 e. The molecule has 0 saturated heterocycles. The van der Waals surface area contributed by atoms with Crippen LogP contribution in [0.5, 0.6) is 11.5 Å². The molecular formula is C19H17N3O4. The summed E-state index contributed by atoms with van der Waals surface area (Å²) >= 11 is 0. The Balaban J connectivity index is 1.45. The number of hydrogen-bond acceptors (Lipinski definition) is 5. The molecule has 26 heavy (non-hydrogen) atoms. The third-order valence-corrected chi connectivity index (χ3v) is 4.22. The Morgan fingerprint density at radius 3 is 2.92 bits per heavy atom. The molecule has 0 radical (unpaired) electrons. The summed E-state index contributed by atoms with van der Waals surface area (Å²) < 4.78 is 12.0. The van der Waals surface area contributed by atoms with Crippen molar-refractivity contribution in [2.75, 3.05) is 12.1 Å². The van der Waals surface area contributed by atoms with Gasteiger partial charge in [0.2, 0.25) is 12.7 Å². The summed E-state index contributed by atoms with van der Waals surface area (Å²) in [5.41, 5.74) is 2.13. The molecule has 1 aromatic heterocycles. The molecule has 1 aliphatic heterocycles. The van der Waals surface area contributed by atoms with Gasteiger partial charge < -0.3 is 14.8 Å². The summed E-state index contributed by atoms with van der Waals surface area (Å²) in [4.78, 5) is 29.0. The van der Waals surface area contributed by atoms with Crippen molar-refractivity contribution in [2.45, 2.75) is 19.9 Å². The lowest BCUT2D eigenvalue weighted by Gasteiger charge is -2.08. The number of nitrogens with zero attached hydrogens (tertiary/aromatic N) is 2. The fraction of sp³-hybridized carbons (Fsp3) is 0.211. The molecule has 1 N–H and O–H groups in total. The number of aryl methyl sites for hydroxylation is 2. The Morgan fingerprint density at radius 2 is 2.04 bits per heavy atom. The largest absolute Gasteiger partial charge is 0.454 e. The molecule has 2 heterocycles. The molecule has 4 rings (SSSR count). The number of nitrogens with one attached hydrogen (secondary N) is 1. The van der Waals surface area contributed by atoms with Crippen LogP contribution in [0, 0.1) is 6.92 Å². The quantitative estimate of drug-likeness (QED) is 0.781. The van der Waals surface area contributed by atoms with Crippen LogP contribution in [0.25, 0.3) is 10.9 Å². The highest BCUT2D eigenvalue weighted by Crippen LogP contribution is 2.34. The minimum atomic E-state index is -0.194. The molecule has 1 aliphatic rings. The molecule has 7 nitrogen and oxygen atoms in total. The molecule has 0 unspecified atom stereocenters. The molecule has 7 heteroatoms. The van der Waals surface area contributed by atoms with Gasteiger partial charge in [-0.3, -0.25) is 14.2 Å². The Labute approximate surface area is 149 Å². The van der Waals surface area contributed by atoms with E-state index in [1.165, 1.54) is 10.9 Å². The number of carbonyl (C=O) groups excluding carboxylic acids is 1. The van der Waals surface area contributed by atoms with E-state index in [0.29, 0.717) is 28.1 Å². The van der Waals surface area contributed by atoms with Crippen molar-refractivity contribution in [1.29, 1.82) is 0 Å². The fourth-order valence-corrected chi connectivity index (χ4v) is 2.85. The first-order valence-corrected chi connectivity index (χ1v) is 8.25. The number of fused-ring (bicyclic) bond motifs is 2. The highest BCUT2D eigenvalue weighted by molar-refractivity contribution is 5.91. The van der Waals surface area contributed by atoms with Gasteiger partial charge in [-0.25, -0.2) is 4.98 Å². The Bertz CT molecular complexity index is 1060. The fourth-order valence-electron chi connectivity index (χ4n) is 2.85. The molecule has 2 aromatic carbocycles. The molecule has 0 bridgehead atoms. The van der Waals surface area contributed by atoms with E-state index in [0.717, 1.165) is 5.56 Å². The van der Waals surface area contributed by atoms with Crippen molar-refractivity contribution < 1.29 is 14.3 Å². The Kier molecular flexibility index (Phi) is 4.04. The van der Waals surface area contributed by atoms with E-state index in [1.54, 1.807) is 18.2 Å². The SMILES string of the molecule is Cc1ccc2ncn(CCC(=O)Nc3ccc4c(c3)OCO4)c(=O)c2c1. The number of aromatic nitrogens is 2. The van der Waals surface area contributed by atoms with Gasteiger partial charge in [-0.05, 0) is 31.2 Å². The number of anilines is 1. The van der Waals surface area contributed by atoms with Gasteiger partial charge in [0.15, 0.2) is 11.5 Å². The molecule has 0 fully saturated rings. The van der Waals surface area contributed by atoms with E-state index in [9.17, 15) is 9.59 Å². The minimum Gasteiger partial charge on any atom is -0.454 e. The minimum absolute atomic E-state index is 0.144. The molecule has 1 amide bonds. The Hall–Kier alpha value is -3.35. The van der Waals surface area contributed by atoms with Crippen molar-refractivity contribution in [1.82, 2.24) is 9.55 Å². The molecule has 0 atom stereocenters. The summed E-state index contributed by atoms with van der Waals surface area (Å²) in [6.45, 7) is 2.37. The van der Waals surface area contributed by atoms with Crippen LogP contribution < -0.4 is 20.3 Å². The second-order valence-corrected chi connectivity index (χ2v) is 6.13. The zero-order chi connectivity index (χ0) is 18.1. The van der Waals surface area contributed by atoms with Gasteiger partial charge >= 0.3 is 0 Å². The van der Waals surface area contributed by atoms with E-state index < -0.39 is 0 Å². The first kappa shape index (κ1) is 16.1. The molecule has 3 aromatic rings. The van der Waals surface area contributed by atoms with E-state index in [4.69, 9.17) is 9.47 Å². The van der Waals surface area contributed by atoms with Crippen molar-refractivity contribution >= 4 is 22.5 Å². The zero-order valence-corrected chi connectivity index (χ0v) is 14.2. The summed E-state index contributed by atoms with van der Waals surface area (Å²) in [5.74, 6) is 1.07. The number of carbonyl (C=O) groups is 1. The van der Waals surface area contributed by atoms with Crippen LogP contribution in [0.1, 0.15) is 12.0 Å². The number of rotatable bonds is 4. The highest BCUT2D eigenvalue weighted by Gasteiger charge is 2.14. The molecular weight excluding hydrogens is 334 g/mol. The second-order valence-electron chi connectivity index (χ2n) is 6.13. The predicted molar refractivity (Wildman–Crippen MR) is 96.6 cm³/mol. The van der Waals surface area contributed by atoms with Gasteiger partial charge in [0, 0.05) is 24.7 Å². The number of amides is 1. The van der Waals surface area contributed by atoms with E-state index in [2.05, 4.69) is 10.3 Å². The van der Waals surface area contributed by atoms with Crippen LogP contribution >= 0.6 is 0 Å². The lowest BCUT2D eigenvalue weighted by molar-refractivity contribution is -0.116. The summed E-state index contributed by atoms with van der Waals surface area (Å²) in [7, 11) is 0. The van der Waals surface area contributed by atoms with Crippen LogP contribution in [-0.2, 0) is 11.3 Å². The molecule has 0 aliphatic carbocycles. The van der Waals surface area contributed by atoms with E-state index in [-0.39, 0.29) is 31.2 Å². The molecule has 132 valence electrons. The maximum atomic E-state index is 12.5. The van der Waals surface area contributed by atoms with Crippen LogP contribution in [-0.4, -0.2) is 22.3 Å². The third kappa shape index (κ3) is 3.11. The second kappa shape index (κ2) is 6.51. The van der Waals surface area contributed by atoms with E-state index in [1.807, 2.05) is 25.1 Å². The van der Waals surface area contributed by atoms with Gasteiger partial charge in [-0.1, -0.05) is 11.6 Å². The zero-order valence-electron chi connectivity index (χ0n) is 14.2. The highest BCUT2D eigenvalue weighted by atomic mass is 16.7. The first-order valence-electron chi connectivity index (χ1n) is 8.25. The molecule has 0 saturated carbocycles. The number of hydrogen-bond donors (Lipinski definition) is 1. The first-order chi connectivity index (χ1) is 12.6. The predicted octanol–water partition coefficient (Wildman–Crippen LogP) is 2.46. The monoisotopic (exact) mass is 351 g/mol. The van der Waals surface area contributed by atoms with Gasteiger partial charge in [0.1, 0.15) is 0 Å². The lowest BCUT2D eigenvalue weighted by Crippen LogP contribution is -2.23. The van der Waals surface area contributed by atoms with Gasteiger partial charge in [-0.2, -0.15) is 0 Å². The third-order valence-electron chi connectivity index (χ3n) is 4.22. The number of benzene rings is 2. The standard InChI is InChI=1S/C19H17N3O4/c1-12-2-4-15-14(8-12)19(24)22(10-20-15)7-6-18(23)21-13-3-5-16-17(9-13)26-11-25-16/h2-5,8-10H,6-7,11H2,1H3,(H,21,23). The summed E-state index contributed by atoms with van der Waals surface area (Å²) in [5, 5.41) is 3.36. The van der Waals surface area contributed by atoms with Crippen LogP contribution in [0.4, 0.5) is 5.69 Å². The molecule has 0 spiro atoms. The van der Waals surface area contributed by atoms with E-state index >= 15 is 0 Å². The number of ether oxygens (including phenoxy) is 2. The maximum Gasteiger partial charge on any atom is 0.261 e. The van der Waals surface area contributed by atoms with Gasteiger partial charge in [0.05, 0.1) is 17.2 Å². The van der Waals surface area contributed by atoms with Gasteiger partial charge in [-0.15, -0.1) is 0 Å². The van der Waals surface area contributed by atoms with Crippen LogP contribution in [0.3, 0.4) is 0 Å². The maximum absolute atomic E-state index is 12.5. The van der Waals surface area contributed by atoms with Crippen LogP contribution in [0.15, 0.2) is 47.5 Å². The summed E-state index contributed by atoms with van der Waals surface area (Å²) in [6, 6.07) is 10.8. The van der Waals surface area contributed by atoms with Crippen molar-refractivity contribution in [3.8, 4) is 11.5 Å². The van der Waals surface area contributed by atoms with Crippen molar-refractivity contribution in [3.63, 3.8) is 0 Å².